The van der Waals surface area contributed by atoms with Crippen LogP contribution in [0.1, 0.15) is 10.4 Å². The van der Waals surface area contributed by atoms with Gasteiger partial charge in [0.2, 0.25) is 0 Å². The lowest BCUT2D eigenvalue weighted by atomic mass is 10.1. The molecule has 0 radical (unpaired) electrons. The van der Waals surface area contributed by atoms with Gasteiger partial charge in [-0.15, -0.1) is 0 Å². The monoisotopic (exact) mass is 347 g/mol. The molecular formula is C17H15F2N3O3. The van der Waals surface area contributed by atoms with Crippen LogP contribution in [0.3, 0.4) is 0 Å². The van der Waals surface area contributed by atoms with Crippen molar-refractivity contribution >= 4 is 16.8 Å². The molecule has 0 spiro atoms. The molecule has 130 valence electrons. The zero-order valence-corrected chi connectivity index (χ0v) is 13.0. The number of carbonyl (C=O) groups is 1. The molecule has 1 atom stereocenters. The molecule has 25 heavy (non-hydrogen) atoms. The summed E-state index contributed by atoms with van der Waals surface area (Å²) in [4.78, 5) is 12.2. The molecule has 0 aliphatic carbocycles. The third kappa shape index (κ3) is 3.92. The number of para-hydroxylation sites is 1. The number of fused-ring (bicyclic) bond motifs is 1. The topological polar surface area (TPSA) is 87.2 Å². The smallest absolute Gasteiger partial charge is 0.253 e. The van der Waals surface area contributed by atoms with E-state index in [-0.39, 0.29) is 24.8 Å². The van der Waals surface area contributed by atoms with Crippen LogP contribution in [0.2, 0.25) is 0 Å². The molecule has 0 bridgehead atoms. The SMILES string of the molecule is O=C(NC[C@@H](O)COc1ccc(F)c(F)c1)c1cccc2cn[nH]c12. The van der Waals surface area contributed by atoms with Gasteiger partial charge in [0, 0.05) is 18.0 Å². The number of hydrogen-bond acceptors (Lipinski definition) is 4. The summed E-state index contributed by atoms with van der Waals surface area (Å²) < 4.78 is 31.1. The van der Waals surface area contributed by atoms with Crippen molar-refractivity contribution in [3.8, 4) is 5.75 Å². The molecule has 0 saturated heterocycles. The molecule has 0 fully saturated rings. The Hall–Kier alpha value is -3.00. The lowest BCUT2D eigenvalue weighted by Crippen LogP contribution is -2.35. The van der Waals surface area contributed by atoms with Crippen LogP contribution in [0, 0.1) is 11.6 Å². The van der Waals surface area contributed by atoms with E-state index in [1.807, 2.05) is 6.07 Å². The van der Waals surface area contributed by atoms with Crippen molar-refractivity contribution in [2.24, 2.45) is 0 Å². The van der Waals surface area contributed by atoms with Crippen molar-refractivity contribution in [2.75, 3.05) is 13.2 Å². The van der Waals surface area contributed by atoms with E-state index in [0.29, 0.717) is 11.1 Å². The van der Waals surface area contributed by atoms with Crippen LogP contribution in [-0.2, 0) is 0 Å². The Morgan fingerprint density at radius 3 is 2.92 bits per heavy atom. The van der Waals surface area contributed by atoms with Gasteiger partial charge in [-0.05, 0) is 18.2 Å². The fraction of sp³-hybridized carbons (Fsp3) is 0.176. The van der Waals surface area contributed by atoms with Gasteiger partial charge in [-0.1, -0.05) is 12.1 Å². The second-order valence-corrected chi connectivity index (χ2v) is 5.39. The molecule has 1 amide bonds. The number of amides is 1. The molecule has 1 aromatic heterocycles. The number of aliphatic hydroxyl groups is 1. The first-order valence-electron chi connectivity index (χ1n) is 7.51. The lowest BCUT2D eigenvalue weighted by molar-refractivity contribution is 0.0844. The summed E-state index contributed by atoms with van der Waals surface area (Å²) in [5.74, 6) is -2.30. The third-order valence-electron chi connectivity index (χ3n) is 3.55. The van der Waals surface area contributed by atoms with Crippen molar-refractivity contribution in [1.29, 1.82) is 0 Å². The van der Waals surface area contributed by atoms with Crippen molar-refractivity contribution in [2.45, 2.75) is 6.10 Å². The van der Waals surface area contributed by atoms with Crippen molar-refractivity contribution in [3.63, 3.8) is 0 Å². The minimum absolute atomic E-state index is 0.0625. The van der Waals surface area contributed by atoms with Gasteiger partial charge in [-0.2, -0.15) is 5.10 Å². The number of carbonyl (C=O) groups excluding carboxylic acids is 1. The summed E-state index contributed by atoms with van der Waals surface area (Å²) in [6.07, 6.45) is 0.592. The fourth-order valence-corrected chi connectivity index (χ4v) is 2.28. The molecule has 0 unspecified atom stereocenters. The summed E-state index contributed by atoms with van der Waals surface area (Å²) in [5, 5.41) is 19.9. The molecule has 3 rings (SSSR count). The molecule has 8 heteroatoms. The largest absolute Gasteiger partial charge is 0.491 e. The molecule has 6 nitrogen and oxygen atoms in total. The zero-order valence-electron chi connectivity index (χ0n) is 13.0. The summed E-state index contributed by atoms with van der Waals surface area (Å²) in [5.41, 5.74) is 1.01. The van der Waals surface area contributed by atoms with Crippen LogP contribution in [0.25, 0.3) is 10.9 Å². The molecular weight excluding hydrogens is 332 g/mol. The van der Waals surface area contributed by atoms with E-state index in [1.165, 1.54) is 6.07 Å². The number of aromatic nitrogens is 2. The number of ether oxygens (including phenoxy) is 1. The van der Waals surface area contributed by atoms with E-state index in [9.17, 15) is 18.7 Å². The van der Waals surface area contributed by atoms with Crippen LogP contribution in [0.15, 0.2) is 42.6 Å². The van der Waals surface area contributed by atoms with Gasteiger partial charge < -0.3 is 15.2 Å². The van der Waals surface area contributed by atoms with Gasteiger partial charge in [0.05, 0.1) is 17.3 Å². The molecule has 1 heterocycles. The maximum Gasteiger partial charge on any atom is 0.253 e. The van der Waals surface area contributed by atoms with Gasteiger partial charge >= 0.3 is 0 Å². The highest BCUT2D eigenvalue weighted by Gasteiger charge is 2.13. The van der Waals surface area contributed by atoms with Crippen LogP contribution < -0.4 is 10.1 Å². The van der Waals surface area contributed by atoms with Gasteiger partial charge in [0.15, 0.2) is 11.6 Å². The summed E-state index contributed by atoms with van der Waals surface area (Å²) >= 11 is 0. The van der Waals surface area contributed by atoms with E-state index in [1.54, 1.807) is 18.3 Å². The fourth-order valence-electron chi connectivity index (χ4n) is 2.28. The number of benzene rings is 2. The number of rotatable bonds is 6. The first-order valence-corrected chi connectivity index (χ1v) is 7.51. The van der Waals surface area contributed by atoms with Crippen molar-refractivity contribution in [3.05, 3.63) is 59.8 Å². The van der Waals surface area contributed by atoms with Gasteiger partial charge in [-0.3, -0.25) is 9.89 Å². The number of halogens is 2. The van der Waals surface area contributed by atoms with E-state index < -0.39 is 17.7 Å². The third-order valence-corrected chi connectivity index (χ3v) is 3.55. The normalized spacial score (nSPS) is 12.1. The minimum atomic E-state index is -1.03. The zero-order chi connectivity index (χ0) is 17.8. The second-order valence-electron chi connectivity index (χ2n) is 5.39. The van der Waals surface area contributed by atoms with Gasteiger partial charge in [0.1, 0.15) is 18.5 Å². The molecule has 2 aromatic carbocycles. The quantitative estimate of drug-likeness (QED) is 0.637. The standard InChI is InChI=1S/C17H15F2N3O3/c18-14-5-4-12(6-15(14)19)25-9-11(23)8-20-17(24)13-3-1-2-10-7-21-22-16(10)13/h1-7,11,23H,8-9H2,(H,20,24)(H,21,22)/t11-/m1/s1. The second kappa shape index (κ2) is 7.27. The average Bonchev–Trinajstić information content (AvgIpc) is 3.09. The van der Waals surface area contributed by atoms with Gasteiger partial charge in [-0.25, -0.2) is 8.78 Å². The van der Waals surface area contributed by atoms with Crippen molar-refractivity contribution < 1.29 is 23.4 Å². The molecule has 0 saturated carbocycles. The lowest BCUT2D eigenvalue weighted by Gasteiger charge is -2.13. The summed E-state index contributed by atoms with van der Waals surface area (Å²) in [7, 11) is 0. The van der Waals surface area contributed by atoms with Crippen LogP contribution in [0.5, 0.6) is 5.75 Å². The molecule has 3 aromatic rings. The minimum Gasteiger partial charge on any atom is -0.491 e. The van der Waals surface area contributed by atoms with E-state index >= 15 is 0 Å². The van der Waals surface area contributed by atoms with Crippen LogP contribution in [-0.4, -0.2) is 40.5 Å². The van der Waals surface area contributed by atoms with E-state index in [0.717, 1.165) is 17.5 Å². The highest BCUT2D eigenvalue weighted by atomic mass is 19.2. The first-order chi connectivity index (χ1) is 12.0. The summed E-state index contributed by atoms with van der Waals surface area (Å²) in [6.45, 7) is -0.243. The van der Waals surface area contributed by atoms with Crippen molar-refractivity contribution in [1.82, 2.24) is 15.5 Å². The highest BCUT2D eigenvalue weighted by Crippen LogP contribution is 2.16. The Balaban J connectivity index is 1.53. The Bertz CT molecular complexity index is 898. The molecule has 0 aliphatic rings. The summed E-state index contributed by atoms with van der Waals surface area (Å²) in [6, 6.07) is 8.27. The highest BCUT2D eigenvalue weighted by molar-refractivity contribution is 6.05. The number of hydrogen-bond donors (Lipinski definition) is 3. The number of nitrogens with zero attached hydrogens (tertiary/aromatic N) is 1. The van der Waals surface area contributed by atoms with Crippen LogP contribution >= 0.6 is 0 Å². The number of aliphatic hydroxyl groups excluding tert-OH is 1. The Labute approximate surface area is 141 Å². The van der Waals surface area contributed by atoms with Crippen LogP contribution in [0.4, 0.5) is 8.78 Å². The first kappa shape index (κ1) is 16.8. The van der Waals surface area contributed by atoms with E-state index in [4.69, 9.17) is 4.74 Å². The predicted molar refractivity (Wildman–Crippen MR) is 86.3 cm³/mol. The maximum absolute atomic E-state index is 13.1. The number of nitrogens with one attached hydrogen (secondary N) is 2. The Morgan fingerprint density at radius 2 is 2.12 bits per heavy atom. The van der Waals surface area contributed by atoms with Gasteiger partial charge in [0.25, 0.3) is 5.91 Å². The molecule has 0 aliphatic heterocycles. The molecule has 3 N–H and O–H groups in total. The number of H-pyrrole nitrogens is 1. The Morgan fingerprint density at radius 1 is 1.28 bits per heavy atom. The number of aromatic amines is 1. The predicted octanol–water partition coefficient (Wildman–Crippen LogP) is 2.01. The Kier molecular flexibility index (Phi) is 4.90. The maximum atomic E-state index is 13.1. The van der Waals surface area contributed by atoms with E-state index in [2.05, 4.69) is 15.5 Å². The average molecular weight is 347 g/mol.